The van der Waals surface area contributed by atoms with Gasteiger partial charge in [0, 0.05) is 6.54 Å². The molecule has 0 radical (unpaired) electrons. The van der Waals surface area contributed by atoms with E-state index in [1.165, 1.54) is 25.7 Å². The molecule has 3 nitrogen and oxygen atoms in total. The zero-order chi connectivity index (χ0) is 9.60. The van der Waals surface area contributed by atoms with Crippen LogP contribution >= 0.6 is 0 Å². The lowest BCUT2D eigenvalue weighted by atomic mass is 10.2. The first-order valence-electron chi connectivity index (χ1n) is 5.85. The zero-order valence-corrected chi connectivity index (χ0v) is 8.59. The summed E-state index contributed by atoms with van der Waals surface area (Å²) in [6.07, 6.45) is 7.51. The first-order valence-corrected chi connectivity index (χ1v) is 5.85. The van der Waals surface area contributed by atoms with Crippen molar-refractivity contribution < 1.29 is 4.79 Å². The second-order valence-electron chi connectivity index (χ2n) is 5.07. The van der Waals surface area contributed by atoms with Crippen molar-refractivity contribution in [1.29, 1.82) is 0 Å². The van der Waals surface area contributed by atoms with E-state index in [-0.39, 0.29) is 5.54 Å². The van der Waals surface area contributed by atoms with Gasteiger partial charge in [-0.3, -0.25) is 10.1 Å². The van der Waals surface area contributed by atoms with Gasteiger partial charge in [-0.2, -0.15) is 0 Å². The minimum Gasteiger partial charge on any atom is -0.328 e. The van der Waals surface area contributed by atoms with Crippen LogP contribution in [-0.2, 0) is 4.79 Å². The molecule has 0 aromatic rings. The molecule has 1 amide bonds. The van der Waals surface area contributed by atoms with Crippen molar-refractivity contribution in [2.45, 2.75) is 44.1 Å². The number of nitrogens with zero attached hydrogens (tertiary/aromatic N) is 1. The molecule has 1 saturated heterocycles. The quantitative estimate of drug-likeness (QED) is 0.727. The van der Waals surface area contributed by atoms with Gasteiger partial charge < -0.3 is 4.90 Å². The van der Waals surface area contributed by atoms with Gasteiger partial charge in [0.1, 0.15) is 0 Å². The second kappa shape index (κ2) is 2.96. The SMILES string of the molecule is O=C1N(CCCC2CC2)CNC12CC2. The molecule has 3 fully saturated rings. The largest absolute Gasteiger partial charge is 0.328 e. The smallest absolute Gasteiger partial charge is 0.243 e. The fourth-order valence-corrected chi connectivity index (χ4v) is 2.37. The summed E-state index contributed by atoms with van der Waals surface area (Å²) < 4.78 is 0. The Bertz CT molecular complexity index is 256. The number of carbonyl (C=O) groups excluding carboxylic acids is 1. The molecule has 0 aromatic carbocycles. The fraction of sp³-hybridized carbons (Fsp3) is 0.909. The molecule has 14 heavy (non-hydrogen) atoms. The normalized spacial score (nSPS) is 28.9. The van der Waals surface area contributed by atoms with Crippen LogP contribution in [0.4, 0.5) is 0 Å². The fourth-order valence-electron chi connectivity index (χ4n) is 2.37. The molecule has 0 bridgehead atoms. The molecular weight excluding hydrogens is 176 g/mol. The van der Waals surface area contributed by atoms with E-state index in [9.17, 15) is 4.79 Å². The molecule has 1 spiro atoms. The Morgan fingerprint density at radius 1 is 1.43 bits per heavy atom. The number of carbonyl (C=O) groups is 1. The Hall–Kier alpha value is -0.570. The molecule has 3 rings (SSSR count). The van der Waals surface area contributed by atoms with Crippen LogP contribution in [0.3, 0.4) is 0 Å². The van der Waals surface area contributed by atoms with Gasteiger partial charge >= 0.3 is 0 Å². The molecule has 0 aromatic heterocycles. The van der Waals surface area contributed by atoms with Gasteiger partial charge in [-0.1, -0.05) is 12.8 Å². The third-order valence-corrected chi connectivity index (χ3v) is 3.79. The van der Waals surface area contributed by atoms with Gasteiger partial charge in [0.15, 0.2) is 0 Å². The lowest BCUT2D eigenvalue weighted by molar-refractivity contribution is -0.129. The standard InChI is InChI=1S/C11H18N2O/c14-10-11(5-6-11)12-8-13(10)7-1-2-9-3-4-9/h9,12H,1-8H2. The van der Waals surface area contributed by atoms with Crippen LogP contribution in [0.25, 0.3) is 0 Å². The van der Waals surface area contributed by atoms with Crippen molar-refractivity contribution in [1.82, 2.24) is 10.2 Å². The minimum absolute atomic E-state index is 0.0837. The molecule has 1 aliphatic heterocycles. The van der Waals surface area contributed by atoms with Crippen molar-refractivity contribution in [3.05, 3.63) is 0 Å². The summed E-state index contributed by atoms with van der Waals surface area (Å²) >= 11 is 0. The Labute approximate surface area is 84.8 Å². The lowest BCUT2D eigenvalue weighted by Gasteiger charge is -2.14. The van der Waals surface area contributed by atoms with Gasteiger partial charge in [-0.25, -0.2) is 0 Å². The predicted octanol–water partition coefficient (Wildman–Crippen LogP) is 1.10. The number of hydrogen-bond donors (Lipinski definition) is 1. The highest BCUT2D eigenvalue weighted by molar-refractivity contribution is 5.91. The molecule has 3 heteroatoms. The topological polar surface area (TPSA) is 32.3 Å². The maximum absolute atomic E-state index is 11.8. The zero-order valence-electron chi connectivity index (χ0n) is 8.59. The van der Waals surface area contributed by atoms with E-state index in [4.69, 9.17) is 0 Å². The van der Waals surface area contributed by atoms with Crippen LogP contribution in [0.5, 0.6) is 0 Å². The van der Waals surface area contributed by atoms with Crippen molar-refractivity contribution in [2.75, 3.05) is 13.2 Å². The molecule has 1 N–H and O–H groups in total. The Balaban J connectivity index is 1.46. The summed E-state index contributed by atoms with van der Waals surface area (Å²) in [5, 5.41) is 3.34. The summed E-state index contributed by atoms with van der Waals surface area (Å²) in [5.74, 6) is 1.36. The van der Waals surface area contributed by atoms with Gasteiger partial charge in [-0.15, -0.1) is 0 Å². The van der Waals surface area contributed by atoms with Crippen LogP contribution in [0, 0.1) is 5.92 Å². The van der Waals surface area contributed by atoms with Crippen LogP contribution in [-0.4, -0.2) is 29.6 Å². The predicted molar refractivity (Wildman–Crippen MR) is 53.6 cm³/mol. The molecule has 1 heterocycles. The maximum Gasteiger partial charge on any atom is 0.243 e. The Morgan fingerprint density at radius 2 is 2.21 bits per heavy atom. The number of nitrogens with one attached hydrogen (secondary N) is 1. The van der Waals surface area contributed by atoms with Crippen LogP contribution < -0.4 is 5.32 Å². The summed E-state index contributed by atoms with van der Waals surface area (Å²) in [6.45, 7) is 1.77. The van der Waals surface area contributed by atoms with Crippen molar-refractivity contribution in [3.8, 4) is 0 Å². The Morgan fingerprint density at radius 3 is 2.79 bits per heavy atom. The van der Waals surface area contributed by atoms with E-state index in [0.29, 0.717) is 5.91 Å². The van der Waals surface area contributed by atoms with Crippen molar-refractivity contribution in [2.24, 2.45) is 5.92 Å². The second-order valence-corrected chi connectivity index (χ2v) is 5.07. The first-order chi connectivity index (χ1) is 6.80. The van der Waals surface area contributed by atoms with E-state index in [2.05, 4.69) is 5.32 Å². The molecular formula is C11H18N2O. The van der Waals surface area contributed by atoms with E-state index in [1.807, 2.05) is 4.90 Å². The molecule has 78 valence electrons. The van der Waals surface area contributed by atoms with Gasteiger partial charge in [0.2, 0.25) is 5.91 Å². The highest BCUT2D eigenvalue weighted by Crippen LogP contribution is 2.40. The number of hydrogen-bond acceptors (Lipinski definition) is 2. The maximum atomic E-state index is 11.8. The third kappa shape index (κ3) is 1.44. The molecule has 0 unspecified atom stereocenters. The summed E-state index contributed by atoms with van der Waals surface area (Å²) in [6, 6.07) is 0. The minimum atomic E-state index is -0.0837. The first kappa shape index (κ1) is 8.72. The average Bonchev–Trinajstić information content (AvgIpc) is 3.04. The summed E-state index contributed by atoms with van der Waals surface area (Å²) in [7, 11) is 0. The third-order valence-electron chi connectivity index (χ3n) is 3.79. The lowest BCUT2D eigenvalue weighted by Crippen LogP contribution is -2.32. The molecule has 2 aliphatic carbocycles. The van der Waals surface area contributed by atoms with Crippen LogP contribution in [0.1, 0.15) is 38.5 Å². The van der Waals surface area contributed by atoms with Crippen LogP contribution in [0.15, 0.2) is 0 Å². The van der Waals surface area contributed by atoms with E-state index < -0.39 is 0 Å². The highest BCUT2D eigenvalue weighted by atomic mass is 16.2. The highest BCUT2D eigenvalue weighted by Gasteiger charge is 2.55. The van der Waals surface area contributed by atoms with Crippen molar-refractivity contribution in [3.63, 3.8) is 0 Å². The van der Waals surface area contributed by atoms with Crippen molar-refractivity contribution >= 4 is 5.91 Å². The summed E-state index contributed by atoms with van der Waals surface area (Å²) in [4.78, 5) is 13.9. The van der Waals surface area contributed by atoms with Gasteiger partial charge in [-0.05, 0) is 31.6 Å². The summed E-state index contributed by atoms with van der Waals surface area (Å²) in [5.41, 5.74) is -0.0837. The van der Waals surface area contributed by atoms with Gasteiger partial charge in [0.05, 0.1) is 12.2 Å². The molecule has 2 saturated carbocycles. The number of amides is 1. The van der Waals surface area contributed by atoms with E-state index >= 15 is 0 Å². The van der Waals surface area contributed by atoms with Gasteiger partial charge in [0.25, 0.3) is 0 Å². The molecule has 3 aliphatic rings. The van der Waals surface area contributed by atoms with Crippen LogP contribution in [0.2, 0.25) is 0 Å². The van der Waals surface area contributed by atoms with E-state index in [0.717, 1.165) is 32.0 Å². The number of rotatable bonds is 4. The molecule has 0 atom stereocenters. The monoisotopic (exact) mass is 194 g/mol. The Kier molecular flexibility index (Phi) is 1.84. The van der Waals surface area contributed by atoms with E-state index in [1.54, 1.807) is 0 Å². The average molecular weight is 194 g/mol.